The molecule has 0 radical (unpaired) electrons. The van der Waals surface area contributed by atoms with Gasteiger partial charge in [-0.25, -0.2) is 4.98 Å². The highest BCUT2D eigenvalue weighted by atomic mass is 14.9. The molecule has 4 N–H and O–H groups in total. The van der Waals surface area contributed by atoms with Gasteiger partial charge in [0.25, 0.3) is 0 Å². The standard InChI is InChI=1S/C7H7N5/c8-7(9)6-5-4(1-2-10-6)11-3-12-5/h1-3H,(H3,8,9)(H,11,12). The Morgan fingerprint density at radius 2 is 2.33 bits per heavy atom. The van der Waals surface area contributed by atoms with Gasteiger partial charge in [0, 0.05) is 6.20 Å². The summed E-state index contributed by atoms with van der Waals surface area (Å²) in [7, 11) is 0. The Bertz CT molecular complexity index is 430. The van der Waals surface area contributed by atoms with E-state index in [1.165, 1.54) is 0 Å². The lowest BCUT2D eigenvalue weighted by atomic mass is 10.3. The van der Waals surface area contributed by atoms with Crippen LogP contribution in [0.2, 0.25) is 0 Å². The van der Waals surface area contributed by atoms with Crippen molar-refractivity contribution in [1.82, 2.24) is 15.0 Å². The first-order valence-electron chi connectivity index (χ1n) is 3.41. The zero-order valence-electron chi connectivity index (χ0n) is 6.20. The average molecular weight is 161 g/mol. The largest absolute Gasteiger partial charge is 0.382 e. The number of nitrogens with two attached hydrogens (primary N) is 1. The molecule has 0 unspecified atom stereocenters. The Morgan fingerprint density at radius 1 is 1.50 bits per heavy atom. The maximum absolute atomic E-state index is 7.22. The number of aromatic amines is 1. The molecular formula is C7H7N5. The van der Waals surface area contributed by atoms with E-state index in [2.05, 4.69) is 15.0 Å². The van der Waals surface area contributed by atoms with E-state index in [1.807, 2.05) is 0 Å². The highest BCUT2D eigenvalue weighted by Crippen LogP contribution is 2.10. The van der Waals surface area contributed by atoms with Gasteiger partial charge >= 0.3 is 0 Å². The van der Waals surface area contributed by atoms with Gasteiger partial charge in [0.1, 0.15) is 17.0 Å². The predicted octanol–water partition coefficient (Wildman–Crippen LogP) is 0.242. The maximum atomic E-state index is 7.22. The fraction of sp³-hybridized carbons (Fsp3) is 0. The summed E-state index contributed by atoms with van der Waals surface area (Å²) >= 11 is 0. The SMILES string of the molecule is N=C(N)c1nccc2[nH]cnc12. The molecule has 0 fully saturated rings. The summed E-state index contributed by atoms with van der Waals surface area (Å²) in [6.07, 6.45) is 3.15. The van der Waals surface area contributed by atoms with Gasteiger partial charge < -0.3 is 10.7 Å². The van der Waals surface area contributed by atoms with Crippen LogP contribution in [0.3, 0.4) is 0 Å². The molecule has 5 heteroatoms. The lowest BCUT2D eigenvalue weighted by molar-refractivity contribution is 1.27. The van der Waals surface area contributed by atoms with Crippen LogP contribution in [0.25, 0.3) is 11.0 Å². The third kappa shape index (κ3) is 0.833. The molecule has 5 nitrogen and oxygen atoms in total. The molecule has 0 aliphatic rings. The number of fused-ring (bicyclic) bond motifs is 1. The number of nitrogens with zero attached hydrogens (tertiary/aromatic N) is 2. The molecule has 12 heavy (non-hydrogen) atoms. The summed E-state index contributed by atoms with van der Waals surface area (Å²) in [6.45, 7) is 0. The molecule has 0 saturated heterocycles. The van der Waals surface area contributed by atoms with Gasteiger partial charge in [0.15, 0.2) is 0 Å². The van der Waals surface area contributed by atoms with Crippen LogP contribution in [-0.4, -0.2) is 20.8 Å². The molecule has 2 heterocycles. The first-order chi connectivity index (χ1) is 5.79. The molecular weight excluding hydrogens is 154 g/mol. The van der Waals surface area contributed by atoms with Gasteiger partial charge in [0.2, 0.25) is 0 Å². The summed E-state index contributed by atoms with van der Waals surface area (Å²) in [4.78, 5) is 10.9. The Balaban J connectivity index is 2.82. The van der Waals surface area contributed by atoms with Crippen LogP contribution in [0, 0.1) is 5.41 Å². The molecule has 2 rings (SSSR count). The van der Waals surface area contributed by atoms with Crippen molar-refractivity contribution in [3.63, 3.8) is 0 Å². The highest BCUT2D eigenvalue weighted by Gasteiger charge is 2.05. The third-order valence-electron chi connectivity index (χ3n) is 1.59. The maximum Gasteiger partial charge on any atom is 0.144 e. The molecule has 0 aromatic carbocycles. The summed E-state index contributed by atoms with van der Waals surface area (Å²) in [5, 5.41) is 7.22. The Hall–Kier alpha value is -1.91. The van der Waals surface area contributed by atoms with E-state index in [4.69, 9.17) is 11.1 Å². The molecule has 0 saturated carbocycles. The minimum atomic E-state index is -0.0623. The molecule has 0 spiro atoms. The topological polar surface area (TPSA) is 91.4 Å². The van der Waals surface area contributed by atoms with Crippen LogP contribution in [0.5, 0.6) is 0 Å². The van der Waals surface area contributed by atoms with Gasteiger partial charge in [-0.3, -0.25) is 10.4 Å². The zero-order valence-corrected chi connectivity index (χ0v) is 6.20. The van der Waals surface area contributed by atoms with Crippen LogP contribution in [-0.2, 0) is 0 Å². The lowest BCUT2D eigenvalue weighted by Crippen LogP contribution is -2.13. The highest BCUT2D eigenvalue weighted by molar-refractivity contribution is 6.03. The van der Waals surface area contributed by atoms with Crippen molar-refractivity contribution in [1.29, 1.82) is 5.41 Å². The number of imidazole rings is 1. The van der Waals surface area contributed by atoms with Crippen molar-refractivity contribution < 1.29 is 0 Å². The second kappa shape index (κ2) is 2.30. The Kier molecular flexibility index (Phi) is 1.30. The predicted molar refractivity (Wildman–Crippen MR) is 44.9 cm³/mol. The average Bonchev–Trinajstić information content (AvgIpc) is 2.49. The van der Waals surface area contributed by atoms with E-state index >= 15 is 0 Å². The van der Waals surface area contributed by atoms with Crippen LogP contribution in [0.1, 0.15) is 5.69 Å². The zero-order chi connectivity index (χ0) is 8.55. The second-order valence-electron chi connectivity index (χ2n) is 2.37. The third-order valence-corrected chi connectivity index (χ3v) is 1.59. The van der Waals surface area contributed by atoms with E-state index in [9.17, 15) is 0 Å². The number of nitrogens with one attached hydrogen (secondary N) is 2. The van der Waals surface area contributed by atoms with Gasteiger partial charge in [0.05, 0.1) is 11.8 Å². The summed E-state index contributed by atoms with van der Waals surface area (Å²) < 4.78 is 0. The van der Waals surface area contributed by atoms with Crippen molar-refractivity contribution in [3.05, 3.63) is 24.3 Å². The number of H-pyrrole nitrogens is 1. The van der Waals surface area contributed by atoms with Crippen LogP contribution >= 0.6 is 0 Å². The van der Waals surface area contributed by atoms with Crippen LogP contribution in [0.4, 0.5) is 0 Å². The summed E-state index contributed by atoms with van der Waals surface area (Å²) in [5.41, 5.74) is 7.22. The van der Waals surface area contributed by atoms with Crippen molar-refractivity contribution in [2.45, 2.75) is 0 Å². The molecule has 0 aliphatic carbocycles. The molecule has 0 atom stereocenters. The number of rotatable bonds is 1. The van der Waals surface area contributed by atoms with Crippen molar-refractivity contribution in [2.75, 3.05) is 0 Å². The van der Waals surface area contributed by atoms with Crippen LogP contribution in [0.15, 0.2) is 18.6 Å². The van der Waals surface area contributed by atoms with Crippen LogP contribution < -0.4 is 5.73 Å². The van der Waals surface area contributed by atoms with E-state index in [0.29, 0.717) is 11.2 Å². The van der Waals surface area contributed by atoms with E-state index in [-0.39, 0.29) is 5.84 Å². The Morgan fingerprint density at radius 3 is 3.08 bits per heavy atom. The minimum Gasteiger partial charge on any atom is -0.382 e. The van der Waals surface area contributed by atoms with Crippen molar-refractivity contribution in [2.24, 2.45) is 5.73 Å². The summed E-state index contributed by atoms with van der Waals surface area (Å²) in [5.74, 6) is -0.0623. The lowest BCUT2D eigenvalue weighted by Gasteiger charge is -1.96. The molecule has 0 bridgehead atoms. The normalized spacial score (nSPS) is 10.3. The number of pyridine rings is 1. The fourth-order valence-electron chi connectivity index (χ4n) is 1.06. The number of amidine groups is 1. The van der Waals surface area contributed by atoms with Gasteiger partial charge in [-0.05, 0) is 6.07 Å². The number of hydrogen-bond donors (Lipinski definition) is 3. The quantitative estimate of drug-likeness (QED) is 0.413. The van der Waals surface area contributed by atoms with Crippen molar-refractivity contribution in [3.8, 4) is 0 Å². The smallest absolute Gasteiger partial charge is 0.144 e. The molecule has 0 amide bonds. The summed E-state index contributed by atoms with van der Waals surface area (Å²) in [6, 6.07) is 1.79. The van der Waals surface area contributed by atoms with Gasteiger partial charge in [-0.1, -0.05) is 0 Å². The second-order valence-corrected chi connectivity index (χ2v) is 2.37. The monoisotopic (exact) mass is 161 g/mol. The first-order valence-corrected chi connectivity index (χ1v) is 3.41. The number of nitrogen functional groups attached to an aromatic ring is 1. The fourth-order valence-corrected chi connectivity index (χ4v) is 1.06. The first kappa shape index (κ1) is 6.78. The van der Waals surface area contributed by atoms with E-state index in [0.717, 1.165) is 5.52 Å². The van der Waals surface area contributed by atoms with Gasteiger partial charge in [-0.15, -0.1) is 0 Å². The number of aromatic nitrogens is 3. The molecule has 60 valence electrons. The molecule has 2 aromatic rings. The van der Waals surface area contributed by atoms with Crippen molar-refractivity contribution >= 4 is 16.9 Å². The van der Waals surface area contributed by atoms with E-state index in [1.54, 1.807) is 18.6 Å². The number of hydrogen-bond acceptors (Lipinski definition) is 3. The molecule has 2 aromatic heterocycles. The minimum absolute atomic E-state index is 0.0623. The van der Waals surface area contributed by atoms with Gasteiger partial charge in [-0.2, -0.15) is 0 Å². The Labute approximate surface area is 68.2 Å². The molecule has 0 aliphatic heterocycles. The van der Waals surface area contributed by atoms with E-state index < -0.39 is 0 Å².